The average Bonchev–Trinajstić information content (AvgIpc) is 2.72. The molecular formula is C23H25FN2O3. The van der Waals surface area contributed by atoms with Gasteiger partial charge in [-0.3, -0.25) is 14.4 Å². The Morgan fingerprint density at radius 3 is 2.59 bits per heavy atom. The average molecular weight is 396 g/mol. The zero-order valence-electron chi connectivity index (χ0n) is 16.2. The van der Waals surface area contributed by atoms with Gasteiger partial charge in [0.05, 0.1) is 5.92 Å². The van der Waals surface area contributed by atoms with E-state index in [4.69, 9.17) is 5.73 Å². The van der Waals surface area contributed by atoms with Gasteiger partial charge in [-0.25, -0.2) is 4.39 Å². The third-order valence-corrected chi connectivity index (χ3v) is 5.48. The predicted octanol–water partition coefficient (Wildman–Crippen LogP) is 2.81. The Kier molecular flexibility index (Phi) is 6.75. The molecule has 5 nitrogen and oxygen atoms in total. The molecule has 29 heavy (non-hydrogen) atoms. The molecule has 0 bridgehead atoms. The number of aryl methyl sites for hydroxylation is 1. The minimum Gasteiger partial charge on any atom is -0.369 e. The highest BCUT2D eigenvalue weighted by atomic mass is 19.1. The lowest BCUT2D eigenvalue weighted by molar-refractivity contribution is -0.123. The van der Waals surface area contributed by atoms with Crippen LogP contribution in [0.5, 0.6) is 0 Å². The fourth-order valence-electron chi connectivity index (χ4n) is 3.74. The van der Waals surface area contributed by atoms with Gasteiger partial charge in [-0.05, 0) is 48.9 Å². The Hall–Kier alpha value is -3.02. The second-order valence-corrected chi connectivity index (χ2v) is 7.53. The van der Waals surface area contributed by atoms with E-state index in [0.717, 1.165) is 29.5 Å². The maximum atomic E-state index is 13.0. The number of rotatable bonds is 8. The summed E-state index contributed by atoms with van der Waals surface area (Å²) in [5.74, 6) is -1.70. The number of benzene rings is 2. The summed E-state index contributed by atoms with van der Waals surface area (Å²) in [4.78, 5) is 36.5. The van der Waals surface area contributed by atoms with Gasteiger partial charge in [-0.15, -0.1) is 0 Å². The van der Waals surface area contributed by atoms with Crippen LogP contribution < -0.4 is 11.1 Å². The normalized spacial score (nSPS) is 16.7. The number of nitrogens with one attached hydrogen (secondary N) is 1. The lowest BCUT2D eigenvalue weighted by Gasteiger charge is -2.23. The third-order valence-electron chi connectivity index (χ3n) is 5.48. The molecule has 0 aromatic heterocycles. The number of Topliss-reactive ketones (excluding diaryl/α,β-unsaturated/α-hetero) is 1. The summed E-state index contributed by atoms with van der Waals surface area (Å²) in [5, 5.41) is 2.74. The molecule has 152 valence electrons. The van der Waals surface area contributed by atoms with Crippen molar-refractivity contribution in [1.82, 2.24) is 5.32 Å². The van der Waals surface area contributed by atoms with Crippen LogP contribution in [0.15, 0.2) is 48.5 Å². The van der Waals surface area contributed by atoms with E-state index in [1.165, 1.54) is 12.1 Å². The van der Waals surface area contributed by atoms with Crippen molar-refractivity contribution < 1.29 is 18.8 Å². The maximum absolute atomic E-state index is 13.0. The van der Waals surface area contributed by atoms with Crippen LogP contribution >= 0.6 is 0 Å². The summed E-state index contributed by atoms with van der Waals surface area (Å²) in [6.45, 7) is 0.118. The van der Waals surface area contributed by atoms with E-state index in [1.54, 1.807) is 12.1 Å². The molecule has 6 heteroatoms. The van der Waals surface area contributed by atoms with E-state index in [2.05, 4.69) is 5.32 Å². The van der Waals surface area contributed by atoms with Gasteiger partial charge in [0.25, 0.3) is 0 Å². The molecule has 2 aromatic rings. The van der Waals surface area contributed by atoms with Crippen LogP contribution in [0, 0.1) is 17.7 Å². The molecule has 0 radical (unpaired) electrons. The standard InChI is InChI=1S/C23H25FN2O3/c24-19-10-5-15(6-11-19)13-18(23(25)29)14-26-21(27)12-9-17-8-7-16-3-1-2-4-20(16)22(17)28/h1-6,10-11,17-18H,7-9,12-14H2,(H2,25,29)(H,26,27). The quantitative estimate of drug-likeness (QED) is 0.719. The monoisotopic (exact) mass is 396 g/mol. The van der Waals surface area contributed by atoms with E-state index in [1.807, 2.05) is 24.3 Å². The number of fused-ring (bicyclic) bond motifs is 1. The molecule has 0 aliphatic heterocycles. The number of carbonyl (C=O) groups is 3. The van der Waals surface area contributed by atoms with Crippen LogP contribution in [-0.2, 0) is 22.4 Å². The molecule has 2 unspecified atom stereocenters. The number of amides is 2. The van der Waals surface area contributed by atoms with Crippen molar-refractivity contribution in [3.8, 4) is 0 Å². The van der Waals surface area contributed by atoms with Gasteiger partial charge in [0.1, 0.15) is 5.82 Å². The minimum atomic E-state index is -0.576. The molecule has 3 rings (SSSR count). The summed E-state index contributed by atoms with van der Waals surface area (Å²) >= 11 is 0. The molecule has 0 fully saturated rings. The first-order chi connectivity index (χ1) is 13.9. The maximum Gasteiger partial charge on any atom is 0.222 e. The number of hydrogen-bond donors (Lipinski definition) is 2. The number of ketones is 1. The van der Waals surface area contributed by atoms with E-state index < -0.39 is 11.8 Å². The smallest absolute Gasteiger partial charge is 0.222 e. The Balaban J connectivity index is 1.48. The van der Waals surface area contributed by atoms with Crippen LogP contribution in [-0.4, -0.2) is 24.1 Å². The van der Waals surface area contributed by atoms with Gasteiger partial charge in [-0.1, -0.05) is 36.4 Å². The summed E-state index contributed by atoms with van der Waals surface area (Å²) in [6, 6.07) is 13.5. The van der Waals surface area contributed by atoms with E-state index in [0.29, 0.717) is 12.8 Å². The zero-order valence-corrected chi connectivity index (χ0v) is 16.2. The Morgan fingerprint density at radius 2 is 1.86 bits per heavy atom. The van der Waals surface area contributed by atoms with Crippen LogP contribution in [0.25, 0.3) is 0 Å². The molecule has 1 aliphatic carbocycles. The van der Waals surface area contributed by atoms with Crippen molar-refractivity contribution in [3.63, 3.8) is 0 Å². The molecule has 2 atom stereocenters. The van der Waals surface area contributed by atoms with E-state index >= 15 is 0 Å². The van der Waals surface area contributed by atoms with Gasteiger partial charge in [-0.2, -0.15) is 0 Å². The van der Waals surface area contributed by atoms with Crippen molar-refractivity contribution in [1.29, 1.82) is 0 Å². The van der Waals surface area contributed by atoms with E-state index in [-0.39, 0.29) is 36.4 Å². The summed E-state index contributed by atoms with van der Waals surface area (Å²) in [6.07, 6.45) is 2.62. The molecule has 2 aromatic carbocycles. The second kappa shape index (κ2) is 9.45. The summed E-state index contributed by atoms with van der Waals surface area (Å²) in [5.41, 5.74) is 8.05. The topological polar surface area (TPSA) is 89.3 Å². The number of carbonyl (C=O) groups excluding carboxylic acids is 3. The molecule has 0 spiro atoms. The zero-order chi connectivity index (χ0) is 20.8. The number of halogens is 1. The first-order valence-electron chi connectivity index (χ1n) is 9.86. The fraction of sp³-hybridized carbons (Fsp3) is 0.348. The van der Waals surface area contributed by atoms with Gasteiger partial charge in [0, 0.05) is 24.4 Å². The molecule has 3 N–H and O–H groups in total. The number of nitrogens with two attached hydrogens (primary N) is 1. The Bertz CT molecular complexity index is 895. The summed E-state index contributed by atoms with van der Waals surface area (Å²) < 4.78 is 13.0. The molecule has 2 amide bonds. The van der Waals surface area contributed by atoms with Crippen molar-refractivity contribution in [2.24, 2.45) is 17.6 Å². The van der Waals surface area contributed by atoms with Crippen molar-refractivity contribution in [2.45, 2.75) is 32.1 Å². The predicted molar refractivity (Wildman–Crippen MR) is 108 cm³/mol. The molecule has 0 saturated heterocycles. The first-order valence-corrected chi connectivity index (χ1v) is 9.86. The largest absolute Gasteiger partial charge is 0.369 e. The fourth-order valence-corrected chi connectivity index (χ4v) is 3.74. The highest BCUT2D eigenvalue weighted by molar-refractivity contribution is 6.00. The van der Waals surface area contributed by atoms with Gasteiger partial charge >= 0.3 is 0 Å². The third kappa shape index (κ3) is 5.50. The SMILES string of the molecule is NC(=O)C(CNC(=O)CCC1CCc2ccccc2C1=O)Cc1ccc(F)cc1. The highest BCUT2D eigenvalue weighted by Gasteiger charge is 2.27. The molecule has 0 saturated carbocycles. The highest BCUT2D eigenvalue weighted by Crippen LogP contribution is 2.28. The van der Waals surface area contributed by atoms with Crippen LogP contribution in [0.4, 0.5) is 4.39 Å². The lowest BCUT2D eigenvalue weighted by atomic mass is 9.80. The Labute approximate surface area is 169 Å². The lowest BCUT2D eigenvalue weighted by Crippen LogP contribution is -2.37. The van der Waals surface area contributed by atoms with Crippen LogP contribution in [0.1, 0.15) is 40.7 Å². The van der Waals surface area contributed by atoms with Crippen LogP contribution in [0.3, 0.4) is 0 Å². The van der Waals surface area contributed by atoms with Gasteiger partial charge in [0.2, 0.25) is 11.8 Å². The van der Waals surface area contributed by atoms with Crippen LogP contribution in [0.2, 0.25) is 0 Å². The van der Waals surface area contributed by atoms with Crippen molar-refractivity contribution >= 4 is 17.6 Å². The molecule has 1 aliphatic rings. The van der Waals surface area contributed by atoms with Gasteiger partial charge in [0.15, 0.2) is 5.78 Å². The molecule has 0 heterocycles. The Morgan fingerprint density at radius 1 is 1.14 bits per heavy atom. The van der Waals surface area contributed by atoms with E-state index in [9.17, 15) is 18.8 Å². The minimum absolute atomic E-state index is 0.103. The number of primary amides is 1. The second-order valence-electron chi connectivity index (χ2n) is 7.53. The summed E-state index contributed by atoms with van der Waals surface area (Å²) in [7, 11) is 0. The first kappa shape index (κ1) is 20.7. The van der Waals surface area contributed by atoms with Crippen molar-refractivity contribution in [2.75, 3.05) is 6.54 Å². The van der Waals surface area contributed by atoms with Crippen molar-refractivity contribution in [3.05, 3.63) is 71.0 Å². The van der Waals surface area contributed by atoms with Gasteiger partial charge < -0.3 is 11.1 Å². The number of hydrogen-bond acceptors (Lipinski definition) is 3. The molecular weight excluding hydrogens is 371 g/mol.